The number of rotatable bonds is 3. The molecule has 1 unspecified atom stereocenters. The Morgan fingerprint density at radius 3 is 2.28 bits per heavy atom. The van der Waals surface area contributed by atoms with E-state index in [0.717, 1.165) is 19.6 Å². The van der Waals surface area contributed by atoms with Gasteiger partial charge in [0.2, 0.25) is 5.91 Å². The monoisotopic (exact) mass is 415 g/mol. The maximum atomic E-state index is 13.2. The second-order valence-electron chi connectivity index (χ2n) is 6.22. The number of amides is 1. The van der Waals surface area contributed by atoms with E-state index in [4.69, 9.17) is 11.6 Å². The van der Waals surface area contributed by atoms with Gasteiger partial charge in [0, 0.05) is 44.2 Å². The van der Waals surface area contributed by atoms with Crippen molar-refractivity contribution in [1.82, 2.24) is 15.1 Å². The number of carbonyl (C=O) groups excluding carboxylic acids is 1. The predicted molar refractivity (Wildman–Crippen MR) is 99.2 cm³/mol. The lowest BCUT2D eigenvalue weighted by atomic mass is 10.1. The summed E-state index contributed by atoms with van der Waals surface area (Å²) in [5.41, 5.74) is 1.17. The number of hydrogen-bond acceptors (Lipinski definition) is 3. The second kappa shape index (κ2) is 9.33. The van der Waals surface area contributed by atoms with Gasteiger partial charge in [0.1, 0.15) is 0 Å². The molecule has 1 atom stereocenters. The number of alkyl halides is 2. The molecule has 2 aliphatic heterocycles. The van der Waals surface area contributed by atoms with Gasteiger partial charge >= 0.3 is 0 Å². The third-order valence-corrected chi connectivity index (χ3v) is 4.66. The minimum absolute atomic E-state index is 0. The Labute approximate surface area is 163 Å². The van der Waals surface area contributed by atoms with Gasteiger partial charge in [-0.25, -0.2) is 8.78 Å². The Balaban J connectivity index is 0.00000156. The van der Waals surface area contributed by atoms with E-state index in [-0.39, 0.29) is 30.7 Å². The average molecular weight is 417 g/mol. The van der Waals surface area contributed by atoms with Gasteiger partial charge in [0.05, 0.1) is 12.6 Å². The van der Waals surface area contributed by atoms with Crippen molar-refractivity contribution in [3.63, 3.8) is 0 Å². The highest BCUT2D eigenvalue weighted by molar-refractivity contribution is 6.30. The number of halogens is 5. The predicted octanol–water partition coefficient (Wildman–Crippen LogP) is 2.83. The standard InChI is InChI=1S/C16H20ClF2N3O.2ClH/c17-13-3-1-12(2-4-13)10-21-5-7-22(8-6-21)15(23)14-9-16(18,19)11-20-14;;/h1-4,14,20H,5-11H2;2*1H. The molecule has 3 rings (SSSR count). The maximum absolute atomic E-state index is 13.2. The van der Waals surface area contributed by atoms with Crippen LogP contribution in [0.2, 0.25) is 5.02 Å². The summed E-state index contributed by atoms with van der Waals surface area (Å²) in [5, 5.41) is 3.35. The molecule has 1 amide bonds. The van der Waals surface area contributed by atoms with Crippen molar-refractivity contribution in [2.45, 2.75) is 24.9 Å². The first-order valence-electron chi connectivity index (χ1n) is 7.80. The van der Waals surface area contributed by atoms with Crippen molar-refractivity contribution in [2.24, 2.45) is 0 Å². The van der Waals surface area contributed by atoms with Gasteiger partial charge < -0.3 is 4.90 Å². The molecule has 1 aromatic carbocycles. The van der Waals surface area contributed by atoms with E-state index in [1.54, 1.807) is 4.90 Å². The maximum Gasteiger partial charge on any atom is 0.262 e. The molecule has 0 radical (unpaired) electrons. The molecule has 2 saturated heterocycles. The quantitative estimate of drug-likeness (QED) is 0.823. The molecule has 2 aliphatic rings. The lowest BCUT2D eigenvalue weighted by Gasteiger charge is -2.36. The third-order valence-electron chi connectivity index (χ3n) is 4.41. The normalized spacial score (nSPS) is 22.8. The highest BCUT2D eigenvalue weighted by Gasteiger charge is 2.43. The van der Waals surface area contributed by atoms with E-state index >= 15 is 0 Å². The SMILES string of the molecule is Cl.Cl.O=C(C1CC(F)(F)CN1)N1CCN(Cc2ccc(Cl)cc2)CC1. The largest absolute Gasteiger partial charge is 0.339 e. The van der Waals surface area contributed by atoms with Crippen LogP contribution in [0.15, 0.2) is 24.3 Å². The van der Waals surface area contributed by atoms with Crippen LogP contribution in [0.1, 0.15) is 12.0 Å². The molecule has 2 fully saturated rings. The zero-order valence-electron chi connectivity index (χ0n) is 13.6. The topological polar surface area (TPSA) is 35.6 Å². The van der Waals surface area contributed by atoms with Gasteiger partial charge in [-0.15, -0.1) is 24.8 Å². The number of nitrogens with one attached hydrogen (secondary N) is 1. The molecule has 2 heterocycles. The van der Waals surface area contributed by atoms with E-state index in [2.05, 4.69) is 10.2 Å². The van der Waals surface area contributed by atoms with E-state index in [9.17, 15) is 13.6 Å². The third kappa shape index (κ3) is 5.93. The van der Waals surface area contributed by atoms with Crippen LogP contribution < -0.4 is 5.32 Å². The van der Waals surface area contributed by atoms with Gasteiger partial charge in [0.25, 0.3) is 5.92 Å². The number of hydrogen-bond donors (Lipinski definition) is 1. The van der Waals surface area contributed by atoms with Crippen LogP contribution in [0.4, 0.5) is 8.78 Å². The number of carbonyl (C=O) groups is 1. The van der Waals surface area contributed by atoms with Gasteiger partial charge in [0.15, 0.2) is 0 Å². The Kier molecular flexibility index (Phi) is 8.35. The van der Waals surface area contributed by atoms with Crippen molar-refractivity contribution >= 4 is 42.3 Å². The average Bonchev–Trinajstić information content (AvgIpc) is 2.90. The summed E-state index contributed by atoms with van der Waals surface area (Å²) in [7, 11) is 0. The first-order chi connectivity index (χ1) is 10.9. The number of benzene rings is 1. The van der Waals surface area contributed by atoms with Gasteiger partial charge in [-0.1, -0.05) is 23.7 Å². The lowest BCUT2D eigenvalue weighted by molar-refractivity contribution is -0.135. The Hall–Kier alpha value is -0.660. The second-order valence-corrected chi connectivity index (χ2v) is 6.66. The van der Waals surface area contributed by atoms with Crippen molar-refractivity contribution in [3.8, 4) is 0 Å². The molecule has 142 valence electrons. The molecule has 0 saturated carbocycles. The Morgan fingerprint density at radius 1 is 1.16 bits per heavy atom. The zero-order valence-corrected chi connectivity index (χ0v) is 16.0. The fourth-order valence-electron chi connectivity index (χ4n) is 3.08. The van der Waals surface area contributed by atoms with Crippen LogP contribution in [-0.4, -0.2) is 60.4 Å². The smallest absolute Gasteiger partial charge is 0.262 e. The molecule has 4 nitrogen and oxygen atoms in total. The van der Waals surface area contributed by atoms with E-state index < -0.39 is 24.9 Å². The molecule has 0 bridgehead atoms. The molecule has 0 aromatic heterocycles. The van der Waals surface area contributed by atoms with Crippen molar-refractivity contribution < 1.29 is 13.6 Å². The van der Waals surface area contributed by atoms with Crippen LogP contribution in [0.3, 0.4) is 0 Å². The fourth-order valence-corrected chi connectivity index (χ4v) is 3.21. The van der Waals surface area contributed by atoms with Gasteiger partial charge in [-0.05, 0) is 17.7 Å². The molecule has 1 N–H and O–H groups in total. The summed E-state index contributed by atoms with van der Waals surface area (Å²) < 4.78 is 26.4. The summed E-state index contributed by atoms with van der Waals surface area (Å²) in [5.74, 6) is -2.97. The first-order valence-corrected chi connectivity index (χ1v) is 8.17. The van der Waals surface area contributed by atoms with Crippen LogP contribution in [0, 0.1) is 0 Å². The summed E-state index contributed by atoms with van der Waals surface area (Å²) >= 11 is 5.87. The van der Waals surface area contributed by atoms with Gasteiger partial charge in [-0.2, -0.15) is 0 Å². The summed E-state index contributed by atoms with van der Waals surface area (Å²) in [6.07, 6.45) is -0.392. The molecule has 0 spiro atoms. The lowest BCUT2D eigenvalue weighted by Crippen LogP contribution is -2.52. The molecule has 25 heavy (non-hydrogen) atoms. The minimum atomic E-state index is -2.77. The van der Waals surface area contributed by atoms with Crippen molar-refractivity contribution in [3.05, 3.63) is 34.9 Å². The van der Waals surface area contributed by atoms with Gasteiger partial charge in [-0.3, -0.25) is 15.0 Å². The van der Waals surface area contributed by atoms with Crippen molar-refractivity contribution in [2.75, 3.05) is 32.7 Å². The van der Waals surface area contributed by atoms with Crippen molar-refractivity contribution in [1.29, 1.82) is 0 Å². The highest BCUT2D eigenvalue weighted by atomic mass is 35.5. The van der Waals surface area contributed by atoms with Crippen LogP contribution in [0.5, 0.6) is 0 Å². The summed E-state index contributed by atoms with van der Waals surface area (Å²) in [4.78, 5) is 16.2. The molecule has 0 aliphatic carbocycles. The minimum Gasteiger partial charge on any atom is -0.339 e. The van der Waals surface area contributed by atoms with E-state index in [1.165, 1.54) is 5.56 Å². The summed E-state index contributed by atoms with van der Waals surface area (Å²) in [6.45, 7) is 3.06. The highest BCUT2D eigenvalue weighted by Crippen LogP contribution is 2.26. The fraction of sp³-hybridized carbons (Fsp3) is 0.562. The summed E-state index contributed by atoms with van der Waals surface area (Å²) in [6, 6.07) is 6.97. The van der Waals surface area contributed by atoms with E-state index in [1.807, 2.05) is 24.3 Å². The number of nitrogens with zero attached hydrogens (tertiary/aromatic N) is 2. The molecule has 9 heteroatoms. The molecular formula is C16H22Cl3F2N3O. The van der Waals surface area contributed by atoms with Crippen LogP contribution in [0.25, 0.3) is 0 Å². The Bertz CT molecular complexity index is 566. The molecule has 1 aromatic rings. The first kappa shape index (κ1) is 22.4. The zero-order chi connectivity index (χ0) is 16.4. The van der Waals surface area contributed by atoms with Crippen LogP contribution in [-0.2, 0) is 11.3 Å². The number of piperazine rings is 1. The Morgan fingerprint density at radius 2 is 1.76 bits per heavy atom. The van der Waals surface area contributed by atoms with E-state index in [0.29, 0.717) is 18.1 Å². The van der Waals surface area contributed by atoms with Crippen LogP contribution >= 0.6 is 36.4 Å². The molecular weight excluding hydrogens is 395 g/mol.